The maximum atomic E-state index is 8.81. The molecule has 4 nitrogen and oxygen atoms in total. The summed E-state index contributed by atoms with van der Waals surface area (Å²) in [6.07, 6.45) is 6.53. The maximum Gasteiger partial charge on any atom is 0.143 e. The molecule has 0 amide bonds. The minimum atomic E-state index is 0.810. The lowest BCUT2D eigenvalue weighted by Crippen LogP contribution is -2.02. The molecule has 0 saturated heterocycles. The van der Waals surface area contributed by atoms with Gasteiger partial charge in [0.15, 0.2) is 0 Å². The molecule has 4 aromatic rings. The lowest BCUT2D eigenvalue weighted by Gasteiger charge is -2.16. The molecular formula is C23H18N4S2. The number of aromatic nitrogens is 2. The number of thiophene rings is 1. The van der Waals surface area contributed by atoms with Crippen LogP contribution in [0.3, 0.4) is 0 Å². The number of rotatable bonds is 4. The zero-order valence-electron chi connectivity index (χ0n) is 15.7. The molecule has 2 heterocycles. The molecule has 142 valence electrons. The summed E-state index contributed by atoms with van der Waals surface area (Å²) in [6.45, 7) is 0. The van der Waals surface area contributed by atoms with Gasteiger partial charge in [0.05, 0.1) is 5.39 Å². The zero-order valence-corrected chi connectivity index (χ0v) is 17.3. The summed E-state index contributed by atoms with van der Waals surface area (Å²) in [5.74, 6) is 0.810. The molecule has 0 radical (unpaired) electrons. The largest absolute Gasteiger partial charge is 0.340 e. The smallest absolute Gasteiger partial charge is 0.143 e. The van der Waals surface area contributed by atoms with Crippen molar-refractivity contribution in [1.82, 2.24) is 9.97 Å². The lowest BCUT2D eigenvalue weighted by molar-refractivity contribution is 0.686. The van der Waals surface area contributed by atoms with E-state index in [1.807, 2.05) is 24.3 Å². The van der Waals surface area contributed by atoms with Gasteiger partial charge in [0.1, 0.15) is 22.4 Å². The van der Waals surface area contributed by atoms with Gasteiger partial charge >= 0.3 is 0 Å². The predicted molar refractivity (Wildman–Crippen MR) is 121 cm³/mol. The second-order valence-electron chi connectivity index (χ2n) is 7.09. The van der Waals surface area contributed by atoms with Gasteiger partial charge in [-0.25, -0.2) is 9.97 Å². The van der Waals surface area contributed by atoms with Gasteiger partial charge in [-0.2, -0.15) is 5.26 Å². The van der Waals surface area contributed by atoms with Crippen LogP contribution in [0, 0.1) is 10.7 Å². The number of hydrogen-bond acceptors (Lipinski definition) is 6. The van der Waals surface area contributed by atoms with Crippen LogP contribution in [-0.4, -0.2) is 9.97 Å². The quantitative estimate of drug-likeness (QED) is 0.303. The molecule has 1 aliphatic carbocycles. The SMILES string of the molecule is N#CSc1ccc(Nc2ncnc3scc(-c4ccc5c(c4)CCCC5)c23)cc1. The van der Waals surface area contributed by atoms with Gasteiger partial charge < -0.3 is 5.32 Å². The van der Waals surface area contributed by atoms with Crippen LogP contribution in [0.1, 0.15) is 24.0 Å². The topological polar surface area (TPSA) is 61.6 Å². The van der Waals surface area contributed by atoms with E-state index >= 15 is 0 Å². The van der Waals surface area contributed by atoms with Crippen molar-refractivity contribution in [2.75, 3.05) is 5.32 Å². The van der Waals surface area contributed by atoms with Crippen LogP contribution in [0.15, 0.2) is 59.1 Å². The number of thioether (sulfide) groups is 1. The van der Waals surface area contributed by atoms with E-state index in [0.717, 1.165) is 38.4 Å². The van der Waals surface area contributed by atoms with E-state index in [0.29, 0.717) is 0 Å². The number of hydrogen-bond donors (Lipinski definition) is 1. The molecule has 2 aromatic heterocycles. The minimum absolute atomic E-state index is 0.810. The molecule has 1 aliphatic rings. The Hall–Kier alpha value is -2.88. The van der Waals surface area contributed by atoms with E-state index in [2.05, 4.69) is 44.3 Å². The molecule has 0 unspecified atom stereocenters. The van der Waals surface area contributed by atoms with Crippen molar-refractivity contribution in [2.45, 2.75) is 30.6 Å². The van der Waals surface area contributed by atoms with E-state index in [9.17, 15) is 0 Å². The highest BCUT2D eigenvalue weighted by Crippen LogP contribution is 2.38. The normalized spacial score (nSPS) is 13.1. The van der Waals surface area contributed by atoms with Crippen molar-refractivity contribution in [2.24, 2.45) is 0 Å². The first-order valence-electron chi connectivity index (χ1n) is 9.59. The van der Waals surface area contributed by atoms with Crippen molar-refractivity contribution in [3.05, 3.63) is 65.3 Å². The first-order chi connectivity index (χ1) is 14.3. The molecule has 0 bridgehead atoms. The molecule has 2 aromatic carbocycles. The standard InChI is InChI=1S/C23H18N4S2/c24-13-29-19-9-7-18(8-10-19)27-22-21-20(12-28-23(21)26-14-25-22)17-6-5-15-3-1-2-4-16(15)11-17/h5-12,14H,1-4H2,(H,25,26,27). The fourth-order valence-corrected chi connectivity index (χ4v) is 5.17. The Morgan fingerprint density at radius 1 is 1.00 bits per heavy atom. The summed E-state index contributed by atoms with van der Waals surface area (Å²) in [4.78, 5) is 10.9. The van der Waals surface area contributed by atoms with Gasteiger partial charge in [-0.05, 0) is 78.4 Å². The number of aryl methyl sites for hydroxylation is 2. The Balaban J connectivity index is 1.54. The molecule has 1 N–H and O–H groups in total. The fraction of sp³-hybridized carbons (Fsp3) is 0.174. The van der Waals surface area contributed by atoms with Crippen molar-refractivity contribution in [1.29, 1.82) is 5.26 Å². The second kappa shape index (κ2) is 7.86. The van der Waals surface area contributed by atoms with Crippen LogP contribution in [0.5, 0.6) is 0 Å². The molecule has 0 saturated carbocycles. The molecular weight excluding hydrogens is 396 g/mol. The molecule has 0 atom stereocenters. The van der Waals surface area contributed by atoms with Gasteiger partial charge in [-0.3, -0.25) is 0 Å². The Labute approximate surface area is 177 Å². The van der Waals surface area contributed by atoms with E-state index in [1.165, 1.54) is 47.9 Å². The highest BCUT2D eigenvalue weighted by atomic mass is 32.2. The molecule has 0 fully saturated rings. The van der Waals surface area contributed by atoms with Crippen molar-refractivity contribution in [3.63, 3.8) is 0 Å². The Morgan fingerprint density at radius 2 is 1.83 bits per heavy atom. The lowest BCUT2D eigenvalue weighted by atomic mass is 9.89. The van der Waals surface area contributed by atoms with Crippen molar-refractivity contribution >= 4 is 44.8 Å². The third kappa shape index (κ3) is 3.59. The van der Waals surface area contributed by atoms with Crippen LogP contribution < -0.4 is 5.32 Å². The molecule has 5 rings (SSSR count). The van der Waals surface area contributed by atoms with Gasteiger partial charge in [0, 0.05) is 21.5 Å². The maximum absolute atomic E-state index is 8.81. The highest BCUT2D eigenvalue weighted by molar-refractivity contribution is 8.03. The fourth-order valence-electron chi connectivity index (χ4n) is 3.88. The number of fused-ring (bicyclic) bond motifs is 2. The van der Waals surface area contributed by atoms with E-state index in [4.69, 9.17) is 5.26 Å². The van der Waals surface area contributed by atoms with E-state index in [1.54, 1.807) is 17.7 Å². The van der Waals surface area contributed by atoms with E-state index in [-0.39, 0.29) is 0 Å². The van der Waals surface area contributed by atoms with Crippen molar-refractivity contribution in [3.8, 4) is 16.5 Å². The number of nitrogens with zero attached hydrogens (tertiary/aromatic N) is 3. The number of nitrogens with one attached hydrogen (secondary N) is 1. The van der Waals surface area contributed by atoms with Crippen LogP contribution in [0.4, 0.5) is 11.5 Å². The average Bonchev–Trinajstić information content (AvgIpc) is 3.20. The van der Waals surface area contributed by atoms with Gasteiger partial charge in [-0.1, -0.05) is 18.2 Å². The molecule has 0 spiro atoms. The summed E-state index contributed by atoms with van der Waals surface area (Å²) in [6, 6.07) is 14.7. The predicted octanol–water partition coefficient (Wildman–Crippen LogP) is 6.55. The van der Waals surface area contributed by atoms with E-state index < -0.39 is 0 Å². The van der Waals surface area contributed by atoms with Crippen LogP contribution in [0.2, 0.25) is 0 Å². The number of benzene rings is 2. The third-order valence-electron chi connectivity index (χ3n) is 5.31. The first kappa shape index (κ1) is 18.2. The average molecular weight is 415 g/mol. The summed E-state index contributed by atoms with van der Waals surface area (Å²) >= 11 is 2.81. The Kier molecular flexibility index (Phi) is 4.92. The first-order valence-corrected chi connectivity index (χ1v) is 11.3. The van der Waals surface area contributed by atoms with Crippen LogP contribution >= 0.6 is 23.1 Å². The van der Waals surface area contributed by atoms with Gasteiger partial charge in [0.25, 0.3) is 0 Å². The number of nitriles is 1. The molecule has 29 heavy (non-hydrogen) atoms. The van der Waals surface area contributed by atoms with Gasteiger partial charge in [-0.15, -0.1) is 11.3 Å². The van der Waals surface area contributed by atoms with Gasteiger partial charge in [0.2, 0.25) is 0 Å². The monoisotopic (exact) mass is 414 g/mol. The highest BCUT2D eigenvalue weighted by Gasteiger charge is 2.16. The zero-order chi connectivity index (χ0) is 19.6. The Bertz CT molecular complexity index is 1220. The number of thiocyanates is 1. The van der Waals surface area contributed by atoms with Crippen LogP contribution in [-0.2, 0) is 12.8 Å². The Morgan fingerprint density at radius 3 is 2.66 bits per heavy atom. The number of anilines is 2. The molecule has 6 heteroatoms. The summed E-state index contributed by atoms with van der Waals surface area (Å²) in [5.41, 5.74) is 6.32. The third-order valence-corrected chi connectivity index (χ3v) is 6.80. The summed E-state index contributed by atoms with van der Waals surface area (Å²) in [7, 11) is 0. The second-order valence-corrected chi connectivity index (χ2v) is 8.80. The summed E-state index contributed by atoms with van der Waals surface area (Å²) in [5, 5.41) is 17.6. The van der Waals surface area contributed by atoms with Crippen LogP contribution in [0.25, 0.3) is 21.3 Å². The molecule has 0 aliphatic heterocycles. The van der Waals surface area contributed by atoms with Crippen molar-refractivity contribution < 1.29 is 0 Å². The summed E-state index contributed by atoms with van der Waals surface area (Å²) < 4.78 is 0. The minimum Gasteiger partial charge on any atom is -0.340 e.